The van der Waals surface area contributed by atoms with Crippen molar-refractivity contribution < 1.29 is 4.79 Å². The van der Waals surface area contributed by atoms with Gasteiger partial charge in [-0.25, -0.2) is 4.98 Å². The van der Waals surface area contributed by atoms with E-state index in [1.807, 2.05) is 6.92 Å². The number of aryl methyl sites for hydroxylation is 2. The van der Waals surface area contributed by atoms with Crippen LogP contribution in [0.5, 0.6) is 0 Å². The molecule has 4 nitrogen and oxygen atoms in total. The highest BCUT2D eigenvalue weighted by molar-refractivity contribution is 7.13. The largest absolute Gasteiger partial charge is 0.351 e. The molecule has 1 aliphatic heterocycles. The number of piperidine rings is 1. The summed E-state index contributed by atoms with van der Waals surface area (Å²) in [4.78, 5) is 17.6. The summed E-state index contributed by atoms with van der Waals surface area (Å²) in [6, 6.07) is 0. The Morgan fingerprint density at radius 2 is 2.00 bits per heavy atom. The number of halogens is 2. The highest BCUT2D eigenvalue weighted by atomic mass is 35.5. The van der Waals surface area contributed by atoms with Crippen LogP contribution in [0.1, 0.15) is 53.5 Å². The molecule has 0 unspecified atom stereocenters. The van der Waals surface area contributed by atoms with Crippen molar-refractivity contribution in [3.05, 3.63) is 15.6 Å². The van der Waals surface area contributed by atoms with Gasteiger partial charge in [0.2, 0.25) is 0 Å². The molecule has 1 aromatic heterocycles. The van der Waals surface area contributed by atoms with Gasteiger partial charge in [-0.2, -0.15) is 0 Å². The lowest BCUT2D eigenvalue weighted by molar-refractivity contribution is 0.0925. The van der Waals surface area contributed by atoms with E-state index in [1.165, 1.54) is 0 Å². The Labute approximate surface area is 149 Å². The quantitative estimate of drug-likeness (QED) is 0.838. The van der Waals surface area contributed by atoms with Crippen LogP contribution in [0.25, 0.3) is 0 Å². The third-order valence-electron chi connectivity index (χ3n) is 4.00. The Morgan fingerprint density at radius 1 is 1.36 bits per heavy atom. The minimum Gasteiger partial charge on any atom is -0.351 e. The van der Waals surface area contributed by atoms with Crippen molar-refractivity contribution in [1.82, 2.24) is 15.6 Å². The van der Waals surface area contributed by atoms with Crippen LogP contribution >= 0.6 is 36.2 Å². The fourth-order valence-corrected chi connectivity index (χ4v) is 3.65. The maximum Gasteiger partial charge on any atom is 0.263 e. The average Bonchev–Trinajstić information content (AvgIpc) is 2.78. The normalized spacial score (nSPS) is 16.3. The number of amides is 1. The molecule has 0 bridgehead atoms. The van der Waals surface area contributed by atoms with Gasteiger partial charge in [0.15, 0.2) is 0 Å². The Bertz CT molecular complexity index is 473. The molecular weight excluding hydrogens is 341 g/mol. The van der Waals surface area contributed by atoms with E-state index in [2.05, 4.69) is 29.5 Å². The number of nitrogens with one attached hydrogen (secondary N) is 2. The minimum atomic E-state index is 0. The standard InChI is InChI=1S/C15H25N3OS.2ClH/c1-4-5-12-18-11(2)13(20-12)14(19)17-10-15(3)6-8-16-9-7-15;;/h16H,4-10H2,1-3H3,(H,17,19);2*1H. The lowest BCUT2D eigenvalue weighted by Gasteiger charge is -2.34. The van der Waals surface area contributed by atoms with Crippen molar-refractivity contribution in [2.45, 2.75) is 46.5 Å². The maximum absolute atomic E-state index is 12.3. The number of carbonyl (C=O) groups is 1. The molecular formula is C15H27Cl2N3OS. The van der Waals surface area contributed by atoms with Gasteiger partial charge in [0.25, 0.3) is 5.91 Å². The van der Waals surface area contributed by atoms with Crippen molar-refractivity contribution in [2.75, 3.05) is 19.6 Å². The van der Waals surface area contributed by atoms with Gasteiger partial charge < -0.3 is 10.6 Å². The summed E-state index contributed by atoms with van der Waals surface area (Å²) in [6.45, 7) is 9.18. The smallest absolute Gasteiger partial charge is 0.263 e. The van der Waals surface area contributed by atoms with E-state index in [1.54, 1.807) is 11.3 Å². The van der Waals surface area contributed by atoms with Crippen LogP contribution < -0.4 is 10.6 Å². The third kappa shape index (κ3) is 5.69. The molecule has 2 heterocycles. The predicted molar refractivity (Wildman–Crippen MR) is 97.9 cm³/mol. The SMILES string of the molecule is CCCc1nc(C)c(C(=O)NCC2(C)CCNCC2)s1.Cl.Cl. The first-order chi connectivity index (χ1) is 9.54. The molecule has 0 radical (unpaired) electrons. The van der Waals surface area contributed by atoms with Crippen LogP contribution in [0.15, 0.2) is 0 Å². The minimum absolute atomic E-state index is 0. The molecule has 128 valence electrons. The molecule has 1 amide bonds. The van der Waals surface area contributed by atoms with Gasteiger partial charge in [-0.1, -0.05) is 13.8 Å². The van der Waals surface area contributed by atoms with Crippen LogP contribution in [-0.4, -0.2) is 30.5 Å². The topological polar surface area (TPSA) is 54.0 Å². The Morgan fingerprint density at radius 3 is 2.59 bits per heavy atom. The molecule has 0 atom stereocenters. The summed E-state index contributed by atoms with van der Waals surface area (Å²) in [7, 11) is 0. The van der Waals surface area contributed by atoms with E-state index in [0.29, 0.717) is 0 Å². The van der Waals surface area contributed by atoms with Gasteiger partial charge in [-0.3, -0.25) is 4.79 Å². The van der Waals surface area contributed by atoms with E-state index in [-0.39, 0.29) is 36.1 Å². The van der Waals surface area contributed by atoms with Gasteiger partial charge >= 0.3 is 0 Å². The lowest BCUT2D eigenvalue weighted by Crippen LogP contribution is -2.42. The van der Waals surface area contributed by atoms with Gasteiger partial charge in [0.1, 0.15) is 4.88 Å². The van der Waals surface area contributed by atoms with Crippen molar-refractivity contribution >= 4 is 42.1 Å². The van der Waals surface area contributed by atoms with E-state index >= 15 is 0 Å². The molecule has 1 aromatic rings. The molecule has 22 heavy (non-hydrogen) atoms. The zero-order valence-corrected chi connectivity index (χ0v) is 16.0. The first kappa shape index (κ1) is 21.6. The fraction of sp³-hybridized carbons (Fsp3) is 0.733. The number of carbonyl (C=O) groups excluding carboxylic acids is 1. The fourth-order valence-electron chi connectivity index (χ4n) is 2.56. The van der Waals surface area contributed by atoms with Crippen molar-refractivity contribution in [3.8, 4) is 0 Å². The molecule has 1 aliphatic rings. The number of thiazole rings is 1. The number of rotatable bonds is 5. The van der Waals surface area contributed by atoms with Crippen LogP contribution in [0.2, 0.25) is 0 Å². The second-order valence-corrected chi connectivity index (χ2v) is 7.10. The monoisotopic (exact) mass is 367 g/mol. The predicted octanol–water partition coefficient (Wildman–Crippen LogP) is 3.37. The number of hydrogen-bond acceptors (Lipinski definition) is 4. The van der Waals surface area contributed by atoms with Crippen LogP contribution in [0.3, 0.4) is 0 Å². The van der Waals surface area contributed by atoms with Crippen LogP contribution in [0, 0.1) is 12.3 Å². The molecule has 2 N–H and O–H groups in total. The molecule has 1 fully saturated rings. The molecule has 7 heteroatoms. The second-order valence-electron chi connectivity index (χ2n) is 6.02. The van der Waals surface area contributed by atoms with Gasteiger partial charge in [0.05, 0.1) is 10.7 Å². The second kappa shape index (κ2) is 9.71. The number of hydrogen-bond donors (Lipinski definition) is 2. The Kier molecular flexibility index (Phi) is 9.55. The van der Waals surface area contributed by atoms with E-state index in [4.69, 9.17) is 0 Å². The van der Waals surface area contributed by atoms with Crippen LogP contribution in [0.4, 0.5) is 0 Å². The maximum atomic E-state index is 12.3. The average molecular weight is 368 g/mol. The molecule has 1 saturated heterocycles. The molecule has 0 aliphatic carbocycles. The highest BCUT2D eigenvalue weighted by Crippen LogP contribution is 2.27. The number of nitrogens with zero attached hydrogens (tertiary/aromatic N) is 1. The Hall–Kier alpha value is -0.360. The summed E-state index contributed by atoms with van der Waals surface area (Å²) in [6.07, 6.45) is 4.27. The first-order valence-corrected chi connectivity index (χ1v) is 8.31. The highest BCUT2D eigenvalue weighted by Gasteiger charge is 2.27. The lowest BCUT2D eigenvalue weighted by atomic mass is 9.81. The van der Waals surface area contributed by atoms with Crippen molar-refractivity contribution in [1.29, 1.82) is 0 Å². The van der Waals surface area contributed by atoms with Gasteiger partial charge in [-0.15, -0.1) is 36.2 Å². The number of aromatic nitrogens is 1. The Balaban J connectivity index is 0.00000220. The van der Waals surface area contributed by atoms with Crippen molar-refractivity contribution in [2.24, 2.45) is 5.41 Å². The first-order valence-electron chi connectivity index (χ1n) is 7.49. The third-order valence-corrected chi connectivity index (χ3v) is 5.21. The van der Waals surface area contributed by atoms with E-state index in [0.717, 1.165) is 60.9 Å². The van der Waals surface area contributed by atoms with E-state index < -0.39 is 0 Å². The zero-order chi connectivity index (χ0) is 14.6. The zero-order valence-electron chi connectivity index (χ0n) is 13.5. The van der Waals surface area contributed by atoms with Gasteiger partial charge in [0, 0.05) is 6.54 Å². The summed E-state index contributed by atoms with van der Waals surface area (Å²) < 4.78 is 0. The molecule has 2 rings (SSSR count). The summed E-state index contributed by atoms with van der Waals surface area (Å²) in [5, 5.41) is 7.55. The summed E-state index contributed by atoms with van der Waals surface area (Å²) in [5.74, 6) is 0.0436. The van der Waals surface area contributed by atoms with Crippen LogP contribution in [-0.2, 0) is 6.42 Å². The molecule has 0 aromatic carbocycles. The molecule has 0 saturated carbocycles. The summed E-state index contributed by atoms with van der Waals surface area (Å²) >= 11 is 1.54. The summed E-state index contributed by atoms with van der Waals surface area (Å²) in [5.41, 5.74) is 1.09. The van der Waals surface area contributed by atoms with Gasteiger partial charge in [-0.05, 0) is 51.1 Å². The molecule has 0 spiro atoms. The van der Waals surface area contributed by atoms with Crippen molar-refractivity contribution in [3.63, 3.8) is 0 Å². The van der Waals surface area contributed by atoms with E-state index in [9.17, 15) is 4.79 Å².